The molecule has 3 aromatic rings. The highest BCUT2D eigenvalue weighted by Gasteiger charge is 2.14. The van der Waals surface area contributed by atoms with Crippen LogP contribution in [-0.2, 0) is 21.2 Å². The van der Waals surface area contributed by atoms with Gasteiger partial charge in [-0.2, -0.15) is 0 Å². The number of carbonyl (C=O) groups excluding carboxylic acids is 1. The number of amides is 1. The van der Waals surface area contributed by atoms with Crippen molar-refractivity contribution in [2.75, 3.05) is 10.0 Å². The number of hydrogen-bond acceptors (Lipinski definition) is 3. The van der Waals surface area contributed by atoms with Gasteiger partial charge in [0.2, 0.25) is 5.91 Å². The van der Waals surface area contributed by atoms with Crippen molar-refractivity contribution >= 4 is 38.9 Å². The maximum Gasteiger partial charge on any atom is 0.261 e. The molecular weight excluding hydrogens is 384 g/mol. The van der Waals surface area contributed by atoms with Gasteiger partial charge in [-0.25, -0.2) is 8.42 Å². The molecule has 7 heteroatoms. The Hall–Kier alpha value is -2.83. The van der Waals surface area contributed by atoms with Gasteiger partial charge in [0, 0.05) is 16.4 Å². The van der Waals surface area contributed by atoms with E-state index < -0.39 is 10.0 Å². The predicted octanol–water partition coefficient (Wildman–Crippen LogP) is 4.32. The summed E-state index contributed by atoms with van der Waals surface area (Å²) in [5, 5.41) is 3.36. The second-order valence-electron chi connectivity index (χ2n) is 5.85. The van der Waals surface area contributed by atoms with E-state index in [0.717, 1.165) is 5.56 Å². The third-order valence-corrected chi connectivity index (χ3v) is 5.40. The molecule has 0 fully saturated rings. The van der Waals surface area contributed by atoms with Gasteiger partial charge in [0.25, 0.3) is 10.0 Å². The number of halogens is 1. The number of carbonyl (C=O) groups is 1. The summed E-state index contributed by atoms with van der Waals surface area (Å²) in [5.74, 6) is -0.199. The van der Waals surface area contributed by atoms with Crippen LogP contribution in [-0.4, -0.2) is 14.3 Å². The molecule has 138 valence electrons. The van der Waals surface area contributed by atoms with Gasteiger partial charge in [-0.3, -0.25) is 9.52 Å². The number of para-hydroxylation sites is 1. The van der Waals surface area contributed by atoms with Crippen LogP contribution in [0.15, 0.2) is 83.8 Å². The van der Waals surface area contributed by atoms with Crippen LogP contribution in [0.2, 0.25) is 5.02 Å². The summed E-state index contributed by atoms with van der Waals surface area (Å²) in [4.78, 5) is 12.2. The zero-order chi connectivity index (χ0) is 19.3. The molecule has 0 atom stereocenters. The third kappa shape index (κ3) is 5.32. The highest BCUT2D eigenvalue weighted by Crippen LogP contribution is 2.18. The van der Waals surface area contributed by atoms with Gasteiger partial charge in [0.1, 0.15) is 0 Å². The van der Waals surface area contributed by atoms with E-state index in [1.54, 1.807) is 66.7 Å². The van der Waals surface area contributed by atoms with Crippen LogP contribution in [0.25, 0.3) is 0 Å². The monoisotopic (exact) mass is 400 g/mol. The first kappa shape index (κ1) is 18.9. The maximum absolute atomic E-state index is 12.4. The van der Waals surface area contributed by atoms with E-state index in [4.69, 9.17) is 11.6 Å². The van der Waals surface area contributed by atoms with Crippen LogP contribution in [0.1, 0.15) is 5.56 Å². The molecule has 3 rings (SSSR count). The normalized spacial score (nSPS) is 11.0. The Morgan fingerprint density at radius 1 is 0.815 bits per heavy atom. The van der Waals surface area contributed by atoms with Crippen molar-refractivity contribution in [2.24, 2.45) is 0 Å². The largest absolute Gasteiger partial charge is 0.326 e. The second kappa shape index (κ2) is 8.24. The van der Waals surface area contributed by atoms with Gasteiger partial charge in [0.15, 0.2) is 0 Å². The standard InChI is InChI=1S/C20H17ClN2O3S/c21-16-8-6-15(7-9-16)14-20(24)22-17-10-12-19(13-11-17)27(25,26)23-18-4-2-1-3-5-18/h1-13,23H,14H2,(H,22,24). The van der Waals surface area contributed by atoms with Crippen molar-refractivity contribution in [3.8, 4) is 0 Å². The Morgan fingerprint density at radius 3 is 2.07 bits per heavy atom. The number of hydrogen-bond donors (Lipinski definition) is 2. The van der Waals surface area contributed by atoms with E-state index in [9.17, 15) is 13.2 Å². The summed E-state index contributed by atoms with van der Waals surface area (Å²) in [6.45, 7) is 0. The molecule has 0 spiro atoms. The zero-order valence-corrected chi connectivity index (χ0v) is 15.8. The minimum Gasteiger partial charge on any atom is -0.326 e. The zero-order valence-electron chi connectivity index (χ0n) is 14.2. The van der Waals surface area contributed by atoms with Gasteiger partial charge in [-0.15, -0.1) is 0 Å². The fourth-order valence-corrected chi connectivity index (χ4v) is 3.62. The molecule has 2 N–H and O–H groups in total. The SMILES string of the molecule is O=C(Cc1ccc(Cl)cc1)Nc1ccc(S(=O)(=O)Nc2ccccc2)cc1. The van der Waals surface area contributed by atoms with Crippen LogP contribution in [0.3, 0.4) is 0 Å². The smallest absolute Gasteiger partial charge is 0.261 e. The number of sulfonamides is 1. The Morgan fingerprint density at radius 2 is 1.44 bits per heavy atom. The summed E-state index contributed by atoms with van der Waals surface area (Å²) in [6.07, 6.45) is 0.201. The highest BCUT2D eigenvalue weighted by molar-refractivity contribution is 7.92. The van der Waals surface area contributed by atoms with Crippen LogP contribution >= 0.6 is 11.6 Å². The summed E-state index contributed by atoms with van der Waals surface area (Å²) >= 11 is 5.83. The Bertz CT molecular complexity index is 1020. The molecule has 0 heterocycles. The first-order chi connectivity index (χ1) is 12.9. The van der Waals surface area contributed by atoms with E-state index in [1.165, 1.54) is 12.1 Å². The first-order valence-electron chi connectivity index (χ1n) is 8.15. The molecule has 0 saturated heterocycles. The molecule has 0 aromatic heterocycles. The summed E-state index contributed by atoms with van der Waals surface area (Å²) in [6, 6.07) is 21.7. The average Bonchev–Trinajstić information content (AvgIpc) is 2.64. The molecule has 0 aliphatic rings. The minimum absolute atomic E-state index is 0.113. The molecule has 1 amide bonds. The maximum atomic E-state index is 12.4. The molecule has 0 bridgehead atoms. The second-order valence-corrected chi connectivity index (χ2v) is 7.97. The van der Waals surface area contributed by atoms with Crippen LogP contribution in [0.4, 0.5) is 11.4 Å². The summed E-state index contributed by atoms with van der Waals surface area (Å²) in [5.41, 5.74) is 1.84. The molecule has 0 aliphatic carbocycles. The van der Waals surface area contributed by atoms with Crippen molar-refractivity contribution in [3.05, 3.63) is 89.4 Å². The third-order valence-electron chi connectivity index (χ3n) is 3.75. The molecule has 0 radical (unpaired) electrons. The summed E-state index contributed by atoms with van der Waals surface area (Å²) < 4.78 is 27.3. The fourth-order valence-electron chi connectivity index (χ4n) is 2.43. The van der Waals surface area contributed by atoms with Crippen molar-refractivity contribution in [2.45, 2.75) is 11.3 Å². The predicted molar refractivity (Wildman–Crippen MR) is 107 cm³/mol. The molecular formula is C20H17ClN2O3S. The quantitative estimate of drug-likeness (QED) is 0.647. The highest BCUT2D eigenvalue weighted by atomic mass is 35.5. The van der Waals surface area contributed by atoms with Gasteiger partial charge in [0.05, 0.1) is 11.3 Å². The van der Waals surface area contributed by atoms with Gasteiger partial charge >= 0.3 is 0 Å². The molecule has 5 nitrogen and oxygen atoms in total. The minimum atomic E-state index is -3.69. The lowest BCUT2D eigenvalue weighted by Crippen LogP contribution is -2.15. The molecule has 0 saturated carbocycles. The molecule has 0 aliphatic heterocycles. The first-order valence-corrected chi connectivity index (χ1v) is 10.0. The Kier molecular flexibility index (Phi) is 5.78. The van der Waals surface area contributed by atoms with Gasteiger partial charge in [-0.05, 0) is 54.1 Å². The number of anilines is 2. The molecule has 3 aromatic carbocycles. The van der Waals surface area contributed by atoms with Crippen molar-refractivity contribution in [1.82, 2.24) is 0 Å². The van der Waals surface area contributed by atoms with Crippen molar-refractivity contribution in [1.29, 1.82) is 0 Å². The summed E-state index contributed by atoms with van der Waals surface area (Å²) in [7, 11) is -3.69. The van der Waals surface area contributed by atoms with E-state index >= 15 is 0 Å². The molecule has 0 unspecified atom stereocenters. The van der Waals surface area contributed by atoms with E-state index in [0.29, 0.717) is 16.4 Å². The van der Waals surface area contributed by atoms with Crippen molar-refractivity contribution in [3.63, 3.8) is 0 Å². The number of nitrogens with one attached hydrogen (secondary N) is 2. The van der Waals surface area contributed by atoms with Gasteiger partial charge < -0.3 is 5.32 Å². The Labute approximate surface area is 163 Å². The van der Waals surface area contributed by atoms with Crippen molar-refractivity contribution < 1.29 is 13.2 Å². The Balaban J connectivity index is 1.64. The lowest BCUT2D eigenvalue weighted by Gasteiger charge is -2.09. The number of rotatable bonds is 6. The van der Waals surface area contributed by atoms with Gasteiger partial charge in [-0.1, -0.05) is 41.9 Å². The van der Waals surface area contributed by atoms with E-state index in [1.807, 2.05) is 0 Å². The van der Waals surface area contributed by atoms with E-state index in [-0.39, 0.29) is 17.2 Å². The number of benzene rings is 3. The van der Waals surface area contributed by atoms with Crippen LogP contribution < -0.4 is 10.0 Å². The average molecular weight is 401 g/mol. The topological polar surface area (TPSA) is 75.3 Å². The lowest BCUT2D eigenvalue weighted by molar-refractivity contribution is -0.115. The van der Waals surface area contributed by atoms with Crippen LogP contribution in [0.5, 0.6) is 0 Å². The van der Waals surface area contributed by atoms with Crippen LogP contribution in [0, 0.1) is 0 Å². The molecule has 27 heavy (non-hydrogen) atoms. The lowest BCUT2D eigenvalue weighted by atomic mass is 10.1. The van der Waals surface area contributed by atoms with E-state index in [2.05, 4.69) is 10.0 Å². The fraction of sp³-hybridized carbons (Fsp3) is 0.0500.